The van der Waals surface area contributed by atoms with Gasteiger partial charge in [0, 0.05) is 6.42 Å². The van der Waals surface area contributed by atoms with Crippen LogP contribution >= 0.6 is 0 Å². The summed E-state index contributed by atoms with van der Waals surface area (Å²) in [6.45, 7) is 1.53. The minimum absolute atomic E-state index is 0.270. The second kappa shape index (κ2) is 9.24. The quantitative estimate of drug-likeness (QED) is 0.670. The van der Waals surface area contributed by atoms with Gasteiger partial charge >= 0.3 is 0 Å². The third-order valence-electron chi connectivity index (χ3n) is 4.25. The molecule has 0 aliphatic heterocycles. The maximum absolute atomic E-state index is 11.9. The van der Waals surface area contributed by atoms with Crippen LogP contribution in [0.25, 0.3) is 0 Å². The first kappa shape index (κ1) is 17.3. The molecule has 3 atom stereocenters. The van der Waals surface area contributed by atoms with Gasteiger partial charge in [-0.1, -0.05) is 51.9 Å². The molecule has 1 fully saturated rings. The lowest BCUT2D eigenvalue weighted by Crippen LogP contribution is -2.39. The summed E-state index contributed by atoms with van der Waals surface area (Å²) in [5, 5.41) is 19.9. The first-order valence-electron chi connectivity index (χ1n) is 7.97. The van der Waals surface area contributed by atoms with E-state index in [4.69, 9.17) is 0 Å². The van der Waals surface area contributed by atoms with E-state index in [1.165, 1.54) is 19.8 Å². The van der Waals surface area contributed by atoms with Crippen LogP contribution in [0.2, 0.25) is 0 Å². The highest BCUT2D eigenvalue weighted by Gasteiger charge is 2.31. The van der Waals surface area contributed by atoms with E-state index in [9.17, 15) is 19.8 Å². The van der Waals surface area contributed by atoms with Crippen molar-refractivity contribution in [2.24, 2.45) is 5.92 Å². The number of aliphatic hydroxyl groups excluding tert-OH is 2. The molecular formula is C16H28O4. The molecule has 0 amide bonds. The largest absolute Gasteiger partial charge is 0.390 e. The van der Waals surface area contributed by atoms with Gasteiger partial charge in [0.05, 0.1) is 18.1 Å². The summed E-state index contributed by atoms with van der Waals surface area (Å²) >= 11 is 0. The lowest BCUT2D eigenvalue weighted by molar-refractivity contribution is -0.142. The predicted molar refractivity (Wildman–Crippen MR) is 77.4 cm³/mol. The number of carbonyl (C=O) groups is 2. The lowest BCUT2D eigenvalue weighted by Gasteiger charge is -2.22. The molecule has 0 heterocycles. The first-order chi connectivity index (χ1) is 9.54. The zero-order chi connectivity index (χ0) is 15.0. The molecule has 20 heavy (non-hydrogen) atoms. The molecule has 0 bridgehead atoms. The Labute approximate surface area is 121 Å². The van der Waals surface area contributed by atoms with Gasteiger partial charge < -0.3 is 10.2 Å². The summed E-state index contributed by atoms with van der Waals surface area (Å²) in [5.74, 6) is -1.74. The molecule has 2 N–H and O–H groups in total. The lowest BCUT2D eigenvalue weighted by atomic mass is 9.90. The number of rotatable bonds is 0. The van der Waals surface area contributed by atoms with Gasteiger partial charge in [0.25, 0.3) is 0 Å². The van der Waals surface area contributed by atoms with Gasteiger partial charge in [0.15, 0.2) is 5.78 Å². The van der Waals surface area contributed by atoms with Gasteiger partial charge in [-0.15, -0.1) is 0 Å². The van der Waals surface area contributed by atoms with Crippen molar-refractivity contribution < 1.29 is 19.8 Å². The van der Waals surface area contributed by atoms with E-state index in [0.29, 0.717) is 6.42 Å². The van der Waals surface area contributed by atoms with Crippen molar-refractivity contribution in [3.63, 3.8) is 0 Å². The molecule has 0 aromatic heterocycles. The minimum Gasteiger partial charge on any atom is -0.390 e. The summed E-state index contributed by atoms with van der Waals surface area (Å²) in [6, 6.07) is 0. The third kappa shape index (κ3) is 5.71. The molecule has 116 valence electrons. The molecule has 0 saturated heterocycles. The van der Waals surface area contributed by atoms with Crippen LogP contribution in [-0.2, 0) is 9.59 Å². The van der Waals surface area contributed by atoms with Gasteiger partial charge in [-0.3, -0.25) is 9.59 Å². The Bertz CT molecular complexity index is 314. The zero-order valence-corrected chi connectivity index (χ0v) is 12.5. The van der Waals surface area contributed by atoms with Crippen molar-refractivity contribution in [3.8, 4) is 0 Å². The molecule has 0 aromatic rings. The maximum atomic E-state index is 11.9. The van der Waals surface area contributed by atoms with Crippen LogP contribution in [0.5, 0.6) is 0 Å². The van der Waals surface area contributed by atoms with Crippen molar-refractivity contribution in [2.75, 3.05) is 0 Å². The third-order valence-corrected chi connectivity index (χ3v) is 4.25. The van der Waals surface area contributed by atoms with Gasteiger partial charge in [-0.05, 0) is 12.8 Å². The van der Waals surface area contributed by atoms with E-state index >= 15 is 0 Å². The molecule has 1 rings (SSSR count). The van der Waals surface area contributed by atoms with E-state index in [-0.39, 0.29) is 6.42 Å². The second-order valence-electron chi connectivity index (χ2n) is 6.00. The monoisotopic (exact) mass is 284 g/mol. The average molecular weight is 284 g/mol. The molecule has 4 nitrogen and oxygen atoms in total. The summed E-state index contributed by atoms with van der Waals surface area (Å²) < 4.78 is 0. The van der Waals surface area contributed by atoms with Crippen molar-refractivity contribution in [3.05, 3.63) is 0 Å². The smallest absolute Gasteiger partial charge is 0.203 e. The highest BCUT2D eigenvalue weighted by atomic mass is 16.3. The summed E-state index contributed by atoms with van der Waals surface area (Å²) in [7, 11) is 0. The van der Waals surface area contributed by atoms with Gasteiger partial charge in [-0.2, -0.15) is 0 Å². The fourth-order valence-electron chi connectivity index (χ4n) is 2.74. The van der Waals surface area contributed by atoms with Crippen molar-refractivity contribution in [1.82, 2.24) is 0 Å². The summed E-state index contributed by atoms with van der Waals surface area (Å²) in [5.41, 5.74) is 0. The average Bonchev–Trinajstić information content (AvgIpc) is 2.45. The Balaban J connectivity index is 2.60. The van der Waals surface area contributed by atoms with Crippen LogP contribution in [0.15, 0.2) is 0 Å². The van der Waals surface area contributed by atoms with E-state index in [2.05, 4.69) is 0 Å². The number of hydrogen-bond donors (Lipinski definition) is 2. The number of aliphatic hydroxyl groups is 2. The van der Waals surface area contributed by atoms with E-state index < -0.39 is 29.7 Å². The predicted octanol–water partition coefficient (Wildman–Crippen LogP) is 2.40. The fourth-order valence-corrected chi connectivity index (χ4v) is 2.74. The van der Waals surface area contributed by atoms with Gasteiger partial charge in [0.1, 0.15) is 0 Å². The molecule has 0 spiro atoms. The topological polar surface area (TPSA) is 74.6 Å². The van der Waals surface area contributed by atoms with Crippen LogP contribution in [0.1, 0.15) is 71.1 Å². The van der Waals surface area contributed by atoms with Crippen LogP contribution in [0, 0.1) is 5.92 Å². The number of carbonyl (C=O) groups excluding carboxylic acids is 2. The second-order valence-corrected chi connectivity index (χ2v) is 6.00. The van der Waals surface area contributed by atoms with E-state index in [1.54, 1.807) is 0 Å². The van der Waals surface area contributed by atoms with Crippen LogP contribution in [0.3, 0.4) is 0 Å². The number of Topliss-reactive ketones (excluding diaryl/α,β-unsaturated/α-hetero) is 2. The molecule has 0 aromatic carbocycles. The van der Waals surface area contributed by atoms with Crippen molar-refractivity contribution in [1.29, 1.82) is 0 Å². The number of hydrogen-bond acceptors (Lipinski definition) is 4. The summed E-state index contributed by atoms with van der Waals surface area (Å²) in [4.78, 5) is 23.7. The Morgan fingerprint density at radius 3 is 1.95 bits per heavy atom. The Kier molecular flexibility index (Phi) is 8.00. The SMILES string of the molecule is CC1C(=O)C(=O)CCCCCCCCCCC(O)C1O. The molecule has 3 unspecified atom stereocenters. The van der Waals surface area contributed by atoms with Crippen LogP contribution < -0.4 is 0 Å². The van der Waals surface area contributed by atoms with E-state index in [1.807, 2.05) is 0 Å². The Morgan fingerprint density at radius 2 is 1.35 bits per heavy atom. The molecule has 1 aliphatic rings. The molecular weight excluding hydrogens is 256 g/mol. The standard InChI is InChI=1S/C16H28O4/c1-12-15(19)13(17)10-8-6-4-2-3-5-7-9-11-14(18)16(12)20/h12-13,15,17,19H,2-11H2,1H3. The highest BCUT2D eigenvalue weighted by Crippen LogP contribution is 2.18. The Morgan fingerprint density at radius 1 is 0.850 bits per heavy atom. The van der Waals surface area contributed by atoms with Gasteiger partial charge in [0.2, 0.25) is 5.78 Å². The fraction of sp³-hybridized carbons (Fsp3) is 0.875. The van der Waals surface area contributed by atoms with E-state index in [0.717, 1.165) is 38.5 Å². The molecule has 4 heteroatoms. The Hall–Kier alpha value is -0.740. The molecule has 1 aliphatic carbocycles. The van der Waals surface area contributed by atoms with Gasteiger partial charge in [-0.25, -0.2) is 0 Å². The zero-order valence-electron chi connectivity index (χ0n) is 12.5. The van der Waals surface area contributed by atoms with Crippen molar-refractivity contribution in [2.45, 2.75) is 83.3 Å². The van der Waals surface area contributed by atoms with Crippen LogP contribution in [-0.4, -0.2) is 34.0 Å². The molecule has 0 radical (unpaired) electrons. The maximum Gasteiger partial charge on any atom is 0.203 e. The first-order valence-corrected chi connectivity index (χ1v) is 7.97. The highest BCUT2D eigenvalue weighted by molar-refractivity contribution is 6.38. The minimum atomic E-state index is -1.13. The number of ketones is 2. The summed E-state index contributed by atoms with van der Waals surface area (Å²) in [6.07, 6.45) is 6.97. The van der Waals surface area contributed by atoms with Crippen LogP contribution in [0.4, 0.5) is 0 Å². The normalized spacial score (nSPS) is 32.5. The molecule has 1 saturated carbocycles. The van der Waals surface area contributed by atoms with Crippen molar-refractivity contribution >= 4 is 11.6 Å².